The van der Waals surface area contributed by atoms with Crippen LogP contribution < -0.4 is 10.2 Å². The molecule has 1 aliphatic rings. The lowest BCUT2D eigenvalue weighted by Crippen LogP contribution is -2.38. The van der Waals surface area contributed by atoms with Gasteiger partial charge in [0.15, 0.2) is 0 Å². The molecule has 4 rings (SSSR count). The minimum absolute atomic E-state index is 0.203. The van der Waals surface area contributed by atoms with Crippen molar-refractivity contribution in [3.8, 4) is 11.3 Å². The van der Waals surface area contributed by atoms with Gasteiger partial charge in [-0.3, -0.25) is 23.9 Å². The summed E-state index contributed by atoms with van der Waals surface area (Å²) in [5.41, 5.74) is 3.03. The summed E-state index contributed by atoms with van der Waals surface area (Å²) >= 11 is 0. The first-order valence-electron chi connectivity index (χ1n) is 9.58. The molecule has 0 unspecified atom stereocenters. The molecule has 3 aromatic heterocycles. The Labute approximate surface area is 176 Å². The molecule has 0 aromatic carbocycles. The molecule has 1 saturated heterocycles. The van der Waals surface area contributed by atoms with E-state index in [1.807, 2.05) is 29.2 Å². The highest BCUT2D eigenvalue weighted by atomic mass is 32.3. The van der Waals surface area contributed by atoms with Gasteiger partial charge < -0.3 is 10.2 Å². The maximum Gasteiger partial charge on any atom is 0.253 e. The normalized spacial score (nSPS) is 16.7. The average Bonchev–Trinajstić information content (AvgIpc) is 2.79. The smallest absolute Gasteiger partial charge is 0.253 e. The van der Waals surface area contributed by atoms with Crippen molar-refractivity contribution in [1.82, 2.24) is 20.3 Å². The van der Waals surface area contributed by atoms with Gasteiger partial charge >= 0.3 is 0 Å². The Bertz CT molecular complexity index is 987. The molecule has 1 fully saturated rings. The summed E-state index contributed by atoms with van der Waals surface area (Å²) in [4.78, 5) is 27.3. The molecule has 0 bridgehead atoms. The summed E-state index contributed by atoms with van der Waals surface area (Å²) in [5.74, 6) is 1.35. The van der Waals surface area contributed by atoms with Crippen LogP contribution >= 0.6 is 10.6 Å². The number of anilines is 1. The van der Waals surface area contributed by atoms with Crippen molar-refractivity contribution in [2.75, 3.05) is 29.5 Å². The lowest BCUT2D eigenvalue weighted by atomic mass is 10.1. The Hall–Kier alpha value is -3.01. The van der Waals surface area contributed by atoms with E-state index in [4.69, 9.17) is 0 Å². The summed E-state index contributed by atoms with van der Waals surface area (Å²) in [7, 11) is -2.42. The maximum atomic E-state index is 12.4. The highest BCUT2D eigenvalue weighted by Crippen LogP contribution is 2.40. The summed E-state index contributed by atoms with van der Waals surface area (Å²) in [6, 6.07) is 11.1. The minimum Gasteiger partial charge on any atom is -0.353 e. The molecule has 30 heavy (non-hydrogen) atoms. The van der Waals surface area contributed by atoms with Crippen molar-refractivity contribution >= 4 is 22.3 Å². The van der Waals surface area contributed by atoms with Gasteiger partial charge in [-0.2, -0.15) is 10.6 Å². The minimum atomic E-state index is -2.42. The molecule has 9 heteroatoms. The van der Waals surface area contributed by atoms with Crippen LogP contribution in [0.1, 0.15) is 15.9 Å². The summed E-state index contributed by atoms with van der Waals surface area (Å²) in [6.07, 6.45) is 6.72. The second-order valence-corrected chi connectivity index (χ2v) is 9.50. The zero-order valence-electron chi connectivity index (χ0n) is 16.3. The summed E-state index contributed by atoms with van der Waals surface area (Å²) < 4.78 is 19.4. The number of rotatable bonds is 5. The summed E-state index contributed by atoms with van der Waals surface area (Å²) in [5, 5.41) is 2.88. The average molecular weight is 426 g/mol. The third-order valence-corrected chi connectivity index (χ3v) is 6.62. The number of nitrogens with zero attached hydrogens (tertiary/aromatic N) is 4. The molecular weight excluding hydrogens is 402 g/mol. The number of hydrogen-bond donors (Lipinski definition) is 3. The van der Waals surface area contributed by atoms with Crippen LogP contribution in [-0.2, 0) is 6.54 Å². The largest absolute Gasteiger partial charge is 0.353 e. The SMILES string of the molecule is O=C(NCc1ccc(N2CCS(O)(O)CC2)nc1)c1ccc(-c2cccnc2)nc1. The van der Waals surface area contributed by atoms with E-state index >= 15 is 0 Å². The van der Waals surface area contributed by atoms with Gasteiger partial charge in [0.2, 0.25) is 0 Å². The fourth-order valence-electron chi connectivity index (χ4n) is 3.16. The predicted molar refractivity (Wildman–Crippen MR) is 118 cm³/mol. The molecule has 156 valence electrons. The third kappa shape index (κ3) is 4.93. The molecule has 0 radical (unpaired) electrons. The maximum absolute atomic E-state index is 12.4. The lowest BCUT2D eigenvalue weighted by Gasteiger charge is -2.41. The van der Waals surface area contributed by atoms with Crippen LogP contribution in [0.15, 0.2) is 61.2 Å². The van der Waals surface area contributed by atoms with Gasteiger partial charge in [0.05, 0.1) is 22.8 Å². The lowest BCUT2D eigenvalue weighted by molar-refractivity contribution is 0.0950. The molecule has 0 atom stereocenters. The van der Waals surface area contributed by atoms with E-state index in [2.05, 4.69) is 20.3 Å². The first kappa shape index (κ1) is 20.3. The Balaban J connectivity index is 1.32. The molecule has 0 saturated carbocycles. The number of amides is 1. The molecule has 3 aromatic rings. The molecule has 3 N–H and O–H groups in total. The van der Waals surface area contributed by atoms with Crippen molar-refractivity contribution in [2.45, 2.75) is 6.54 Å². The number of hydrogen-bond acceptors (Lipinski definition) is 7. The van der Waals surface area contributed by atoms with Gasteiger partial charge in [0.1, 0.15) is 5.82 Å². The van der Waals surface area contributed by atoms with E-state index in [0.717, 1.165) is 22.6 Å². The van der Waals surface area contributed by atoms with Crippen LogP contribution in [-0.4, -0.2) is 54.6 Å². The predicted octanol–water partition coefficient (Wildman–Crippen LogP) is 3.04. The van der Waals surface area contributed by atoms with Crippen molar-refractivity contribution in [3.63, 3.8) is 0 Å². The first-order chi connectivity index (χ1) is 14.5. The molecular formula is C21H23N5O3S. The van der Waals surface area contributed by atoms with Crippen molar-refractivity contribution in [2.24, 2.45) is 0 Å². The van der Waals surface area contributed by atoms with Gasteiger partial charge in [-0.1, -0.05) is 6.07 Å². The number of pyridine rings is 3. The number of carbonyl (C=O) groups excluding carboxylic acids is 1. The van der Waals surface area contributed by atoms with Crippen LogP contribution in [0.4, 0.5) is 5.82 Å². The molecule has 1 aliphatic heterocycles. The summed E-state index contributed by atoms with van der Waals surface area (Å²) in [6.45, 7) is 1.51. The van der Waals surface area contributed by atoms with E-state index in [9.17, 15) is 13.9 Å². The Morgan fingerprint density at radius 1 is 1.03 bits per heavy atom. The third-order valence-electron chi connectivity index (χ3n) is 4.95. The number of nitrogens with one attached hydrogen (secondary N) is 1. The van der Waals surface area contributed by atoms with E-state index in [1.165, 1.54) is 0 Å². The van der Waals surface area contributed by atoms with Crippen LogP contribution in [0.3, 0.4) is 0 Å². The van der Waals surface area contributed by atoms with Crippen LogP contribution in [0.25, 0.3) is 11.3 Å². The first-order valence-corrected chi connectivity index (χ1v) is 11.5. The highest BCUT2D eigenvalue weighted by molar-refractivity contribution is 8.24. The molecule has 8 nitrogen and oxygen atoms in total. The van der Waals surface area contributed by atoms with Crippen molar-refractivity contribution in [1.29, 1.82) is 0 Å². The fourth-order valence-corrected chi connectivity index (χ4v) is 4.39. The Morgan fingerprint density at radius 3 is 2.50 bits per heavy atom. The van der Waals surface area contributed by atoms with E-state index in [0.29, 0.717) is 36.7 Å². The quantitative estimate of drug-likeness (QED) is 0.576. The van der Waals surface area contributed by atoms with E-state index in [1.54, 1.807) is 36.9 Å². The van der Waals surface area contributed by atoms with Crippen molar-refractivity contribution < 1.29 is 13.9 Å². The zero-order valence-corrected chi connectivity index (χ0v) is 17.1. The second kappa shape index (κ2) is 8.78. The number of aromatic nitrogens is 3. The fraction of sp³-hybridized carbons (Fsp3) is 0.238. The highest BCUT2D eigenvalue weighted by Gasteiger charge is 2.22. The van der Waals surface area contributed by atoms with Gasteiger partial charge in [-0.05, 0) is 35.9 Å². The standard InChI is InChI=1S/C21H23N5O3S/c27-21(18-4-5-19(23-15-18)17-2-1-7-22-14-17)25-13-16-3-6-20(24-12-16)26-8-10-30(28,29)11-9-26/h1-7,12,14-15,28-29H,8-11,13H2,(H,25,27). The van der Waals surface area contributed by atoms with Gasteiger partial charge in [-0.15, -0.1) is 0 Å². The zero-order chi connectivity index (χ0) is 21.0. The van der Waals surface area contributed by atoms with Gasteiger partial charge in [-0.25, -0.2) is 4.98 Å². The molecule has 0 aliphatic carbocycles. The van der Waals surface area contributed by atoms with Crippen LogP contribution in [0.2, 0.25) is 0 Å². The second-order valence-electron chi connectivity index (χ2n) is 7.08. The molecule has 1 amide bonds. The van der Waals surface area contributed by atoms with Gasteiger partial charge in [0, 0.05) is 50.0 Å². The molecule has 0 spiro atoms. The van der Waals surface area contributed by atoms with Crippen molar-refractivity contribution in [3.05, 3.63) is 72.3 Å². The molecule has 4 heterocycles. The van der Waals surface area contributed by atoms with Crippen LogP contribution in [0, 0.1) is 0 Å². The van der Waals surface area contributed by atoms with Crippen LogP contribution in [0.5, 0.6) is 0 Å². The van der Waals surface area contributed by atoms with Gasteiger partial charge in [0.25, 0.3) is 5.91 Å². The Kier molecular flexibility index (Phi) is 5.93. The monoisotopic (exact) mass is 425 g/mol. The topological polar surface area (TPSA) is 111 Å². The number of carbonyl (C=O) groups is 1. The Morgan fingerprint density at radius 2 is 1.87 bits per heavy atom. The van der Waals surface area contributed by atoms with E-state index < -0.39 is 10.6 Å². The van der Waals surface area contributed by atoms with E-state index in [-0.39, 0.29) is 5.91 Å².